The molecule has 3 rings (SSSR count). The Kier molecular flexibility index (Phi) is 1.78. The summed E-state index contributed by atoms with van der Waals surface area (Å²) in [4.78, 5) is 4.11. The molecule has 1 saturated heterocycles. The molecule has 76 valence electrons. The number of rotatable bonds is 1. The van der Waals surface area contributed by atoms with Crippen LogP contribution in [0.3, 0.4) is 0 Å². The minimum absolute atomic E-state index is 0.626. The lowest BCUT2D eigenvalue weighted by atomic mass is 9.85. The molecule has 0 spiro atoms. The number of aromatic nitrogens is 1. The fraction of sp³-hybridized carbons (Fsp3) is 0.250. The molecule has 2 N–H and O–H groups in total. The van der Waals surface area contributed by atoms with Crippen molar-refractivity contribution in [3.63, 3.8) is 0 Å². The first kappa shape index (κ1) is 8.83. The number of β-amino-alcohol motifs (C(OH)–C–C–N with tert-alkyl or cyclic N) is 1. The van der Waals surface area contributed by atoms with Crippen LogP contribution in [0.4, 0.5) is 0 Å². The summed E-state index contributed by atoms with van der Waals surface area (Å²) >= 11 is 0. The van der Waals surface area contributed by atoms with Crippen LogP contribution in [-0.2, 0) is 5.60 Å². The number of fused-ring (bicyclic) bond motifs is 1. The molecule has 1 fully saturated rings. The third-order valence-electron chi connectivity index (χ3n) is 3.02. The Hall–Kier alpha value is -1.45. The standard InChI is InChI=1S/C12H12N2O/c15-12(7-14-8-12)11-3-1-2-9-4-5-13-6-10(9)11/h1-6,14-15H,7-8H2. The van der Waals surface area contributed by atoms with Crippen LogP contribution in [0.1, 0.15) is 5.56 Å². The number of hydrogen-bond acceptors (Lipinski definition) is 3. The number of aliphatic hydroxyl groups is 1. The molecule has 0 radical (unpaired) electrons. The first-order chi connectivity index (χ1) is 7.30. The van der Waals surface area contributed by atoms with Crippen LogP contribution >= 0.6 is 0 Å². The van der Waals surface area contributed by atoms with Crippen LogP contribution in [0.2, 0.25) is 0 Å². The van der Waals surface area contributed by atoms with E-state index in [4.69, 9.17) is 0 Å². The van der Waals surface area contributed by atoms with E-state index >= 15 is 0 Å². The average molecular weight is 200 g/mol. The van der Waals surface area contributed by atoms with Gasteiger partial charge in [0.15, 0.2) is 0 Å². The highest BCUT2D eigenvalue weighted by atomic mass is 16.3. The average Bonchev–Trinajstić information content (AvgIpc) is 2.25. The van der Waals surface area contributed by atoms with E-state index in [9.17, 15) is 5.11 Å². The normalized spacial score (nSPS) is 18.7. The van der Waals surface area contributed by atoms with E-state index in [2.05, 4.69) is 10.3 Å². The van der Waals surface area contributed by atoms with E-state index in [0.29, 0.717) is 13.1 Å². The molecule has 0 atom stereocenters. The third-order valence-corrected chi connectivity index (χ3v) is 3.02. The Morgan fingerprint density at radius 2 is 2.13 bits per heavy atom. The number of hydrogen-bond donors (Lipinski definition) is 2. The Morgan fingerprint density at radius 3 is 2.87 bits per heavy atom. The third kappa shape index (κ3) is 1.24. The highest BCUT2D eigenvalue weighted by Crippen LogP contribution is 2.30. The van der Waals surface area contributed by atoms with E-state index < -0.39 is 5.60 Å². The van der Waals surface area contributed by atoms with Gasteiger partial charge in [0.25, 0.3) is 0 Å². The zero-order valence-electron chi connectivity index (χ0n) is 8.27. The molecule has 1 aliphatic rings. The predicted molar refractivity (Wildman–Crippen MR) is 58.5 cm³/mol. The number of nitrogens with one attached hydrogen (secondary N) is 1. The molecule has 3 nitrogen and oxygen atoms in total. The van der Waals surface area contributed by atoms with Gasteiger partial charge in [-0.05, 0) is 17.0 Å². The zero-order valence-corrected chi connectivity index (χ0v) is 8.27. The topological polar surface area (TPSA) is 45.2 Å². The van der Waals surface area contributed by atoms with Crippen LogP contribution in [0.25, 0.3) is 10.8 Å². The molecule has 15 heavy (non-hydrogen) atoms. The van der Waals surface area contributed by atoms with Gasteiger partial charge in [-0.15, -0.1) is 0 Å². The van der Waals surface area contributed by atoms with Crippen molar-refractivity contribution in [2.45, 2.75) is 5.60 Å². The fourth-order valence-electron chi connectivity index (χ4n) is 2.07. The van der Waals surface area contributed by atoms with Gasteiger partial charge in [0.1, 0.15) is 5.60 Å². The molecule has 0 bridgehead atoms. The molecule has 0 amide bonds. The molecule has 1 aromatic heterocycles. The highest BCUT2D eigenvalue weighted by molar-refractivity contribution is 5.85. The quantitative estimate of drug-likeness (QED) is 0.722. The molecule has 1 aromatic carbocycles. The second-order valence-corrected chi connectivity index (χ2v) is 4.04. The van der Waals surface area contributed by atoms with Crippen LogP contribution in [-0.4, -0.2) is 23.2 Å². The molecule has 0 unspecified atom stereocenters. The Morgan fingerprint density at radius 1 is 1.27 bits per heavy atom. The lowest BCUT2D eigenvalue weighted by Crippen LogP contribution is -2.56. The van der Waals surface area contributed by atoms with Crippen molar-refractivity contribution in [2.24, 2.45) is 0 Å². The molecule has 3 heteroatoms. The summed E-state index contributed by atoms with van der Waals surface area (Å²) in [5.41, 5.74) is 0.273. The highest BCUT2D eigenvalue weighted by Gasteiger charge is 2.37. The molecular weight excluding hydrogens is 188 g/mol. The monoisotopic (exact) mass is 200 g/mol. The maximum Gasteiger partial charge on any atom is 0.115 e. The van der Waals surface area contributed by atoms with Gasteiger partial charge in [-0.1, -0.05) is 18.2 Å². The summed E-state index contributed by atoms with van der Waals surface area (Å²) in [7, 11) is 0. The maximum absolute atomic E-state index is 10.3. The number of benzene rings is 1. The minimum atomic E-state index is -0.706. The van der Waals surface area contributed by atoms with Gasteiger partial charge in [-0.3, -0.25) is 4.98 Å². The van der Waals surface area contributed by atoms with Crippen LogP contribution in [0.5, 0.6) is 0 Å². The van der Waals surface area contributed by atoms with E-state index in [1.807, 2.05) is 30.5 Å². The van der Waals surface area contributed by atoms with Gasteiger partial charge in [0.05, 0.1) is 0 Å². The maximum atomic E-state index is 10.3. The van der Waals surface area contributed by atoms with Crippen LogP contribution < -0.4 is 5.32 Å². The summed E-state index contributed by atoms with van der Waals surface area (Å²) in [6.45, 7) is 1.25. The van der Waals surface area contributed by atoms with Crippen molar-refractivity contribution in [3.8, 4) is 0 Å². The van der Waals surface area contributed by atoms with Gasteiger partial charge < -0.3 is 10.4 Å². The van der Waals surface area contributed by atoms with Gasteiger partial charge in [-0.2, -0.15) is 0 Å². The zero-order chi connectivity index (χ0) is 10.3. The number of pyridine rings is 1. The summed E-state index contributed by atoms with van der Waals surface area (Å²) in [5.74, 6) is 0. The lowest BCUT2D eigenvalue weighted by Gasteiger charge is -2.38. The van der Waals surface area contributed by atoms with Crippen molar-refractivity contribution in [1.82, 2.24) is 10.3 Å². The van der Waals surface area contributed by atoms with Gasteiger partial charge >= 0.3 is 0 Å². The molecule has 0 saturated carbocycles. The largest absolute Gasteiger partial charge is 0.382 e. The van der Waals surface area contributed by atoms with Gasteiger partial charge in [-0.25, -0.2) is 0 Å². The van der Waals surface area contributed by atoms with E-state index in [-0.39, 0.29) is 0 Å². The Labute approximate surface area is 87.8 Å². The molecule has 1 aliphatic heterocycles. The van der Waals surface area contributed by atoms with E-state index in [1.165, 1.54) is 0 Å². The van der Waals surface area contributed by atoms with Crippen LogP contribution in [0, 0.1) is 0 Å². The molecule has 2 aromatic rings. The van der Waals surface area contributed by atoms with Crippen molar-refractivity contribution < 1.29 is 5.11 Å². The number of nitrogens with zero attached hydrogens (tertiary/aromatic N) is 1. The Balaban J connectivity index is 2.26. The first-order valence-corrected chi connectivity index (χ1v) is 5.06. The summed E-state index contributed by atoms with van der Waals surface area (Å²) in [6.07, 6.45) is 3.59. The molecular formula is C12H12N2O. The smallest absolute Gasteiger partial charge is 0.115 e. The second kappa shape index (κ2) is 3.02. The lowest BCUT2D eigenvalue weighted by molar-refractivity contribution is -0.0133. The SMILES string of the molecule is OC1(c2cccc3ccncc23)CNC1. The van der Waals surface area contributed by atoms with Crippen molar-refractivity contribution in [2.75, 3.05) is 13.1 Å². The van der Waals surface area contributed by atoms with Crippen molar-refractivity contribution in [3.05, 3.63) is 42.2 Å². The van der Waals surface area contributed by atoms with E-state index in [0.717, 1.165) is 16.3 Å². The van der Waals surface area contributed by atoms with Crippen LogP contribution in [0.15, 0.2) is 36.7 Å². The Bertz CT molecular complexity index is 500. The summed E-state index contributed by atoms with van der Waals surface area (Å²) in [5, 5.41) is 15.6. The summed E-state index contributed by atoms with van der Waals surface area (Å²) < 4.78 is 0. The fourth-order valence-corrected chi connectivity index (χ4v) is 2.07. The molecule has 2 heterocycles. The second-order valence-electron chi connectivity index (χ2n) is 4.04. The van der Waals surface area contributed by atoms with Crippen molar-refractivity contribution >= 4 is 10.8 Å². The first-order valence-electron chi connectivity index (χ1n) is 5.06. The minimum Gasteiger partial charge on any atom is -0.382 e. The summed E-state index contributed by atoms with van der Waals surface area (Å²) in [6, 6.07) is 7.96. The van der Waals surface area contributed by atoms with Crippen molar-refractivity contribution in [1.29, 1.82) is 0 Å². The predicted octanol–water partition coefficient (Wildman–Crippen LogP) is 1.03. The van der Waals surface area contributed by atoms with Gasteiger partial charge in [0, 0.05) is 30.9 Å². The van der Waals surface area contributed by atoms with Gasteiger partial charge in [0.2, 0.25) is 0 Å². The van der Waals surface area contributed by atoms with E-state index in [1.54, 1.807) is 6.20 Å². The molecule has 0 aliphatic carbocycles.